The summed E-state index contributed by atoms with van der Waals surface area (Å²) in [6, 6.07) is 4.21. The van der Waals surface area contributed by atoms with E-state index in [0.717, 1.165) is 11.3 Å². The molecule has 1 aromatic rings. The van der Waals surface area contributed by atoms with E-state index in [1.807, 2.05) is 27.7 Å². The Morgan fingerprint density at radius 1 is 1.22 bits per heavy atom. The van der Waals surface area contributed by atoms with Gasteiger partial charge in [0.25, 0.3) is 0 Å². The van der Waals surface area contributed by atoms with Crippen molar-refractivity contribution in [1.29, 1.82) is 0 Å². The maximum Gasteiger partial charge on any atom is 0.481 e. The maximum atomic E-state index is 6.27. The lowest BCUT2D eigenvalue weighted by Crippen LogP contribution is -2.41. The van der Waals surface area contributed by atoms with E-state index in [9.17, 15) is 0 Å². The van der Waals surface area contributed by atoms with Gasteiger partial charge in [0.2, 0.25) is 0 Å². The Kier molecular flexibility index (Phi) is 3.62. The fourth-order valence-electron chi connectivity index (χ4n) is 1.93. The highest BCUT2D eigenvalue weighted by Crippen LogP contribution is 2.40. The van der Waals surface area contributed by atoms with Crippen molar-refractivity contribution >= 4 is 18.5 Å². The third kappa shape index (κ3) is 2.37. The summed E-state index contributed by atoms with van der Waals surface area (Å²) in [5.41, 5.74) is 5.63. The van der Waals surface area contributed by atoms with E-state index in [1.54, 1.807) is 11.3 Å². The van der Waals surface area contributed by atoms with Gasteiger partial charge in [0.05, 0.1) is 17.1 Å². The van der Waals surface area contributed by atoms with Crippen molar-refractivity contribution in [2.75, 3.05) is 0 Å². The van der Waals surface area contributed by atoms with Crippen LogP contribution in [-0.2, 0) is 15.7 Å². The van der Waals surface area contributed by atoms with Gasteiger partial charge < -0.3 is 15.0 Å². The van der Waals surface area contributed by atoms with Gasteiger partial charge in [0.15, 0.2) is 0 Å². The SMILES string of the molecule is CCc1ccc(C(N)B2OC(C)(C)C(C)(C)O2)s1. The van der Waals surface area contributed by atoms with Crippen LogP contribution in [0.3, 0.4) is 0 Å². The van der Waals surface area contributed by atoms with E-state index in [2.05, 4.69) is 19.1 Å². The number of hydrogen-bond acceptors (Lipinski definition) is 4. The second-order valence-corrected chi connectivity index (χ2v) is 7.01. The van der Waals surface area contributed by atoms with Gasteiger partial charge in [-0.3, -0.25) is 0 Å². The van der Waals surface area contributed by atoms with Crippen LogP contribution in [0.4, 0.5) is 0 Å². The van der Waals surface area contributed by atoms with Crippen LogP contribution in [0.1, 0.15) is 50.3 Å². The lowest BCUT2D eigenvalue weighted by atomic mass is 9.78. The lowest BCUT2D eigenvalue weighted by Gasteiger charge is -2.32. The molecule has 0 spiro atoms. The van der Waals surface area contributed by atoms with Crippen LogP contribution in [-0.4, -0.2) is 18.3 Å². The zero-order chi connectivity index (χ0) is 13.6. The van der Waals surface area contributed by atoms with Crippen molar-refractivity contribution in [1.82, 2.24) is 0 Å². The third-order valence-electron chi connectivity index (χ3n) is 3.92. The zero-order valence-electron chi connectivity index (χ0n) is 11.8. The van der Waals surface area contributed by atoms with Crippen LogP contribution in [0.5, 0.6) is 0 Å². The first-order valence-electron chi connectivity index (χ1n) is 6.46. The molecule has 0 aliphatic carbocycles. The zero-order valence-corrected chi connectivity index (χ0v) is 12.6. The Balaban J connectivity index is 2.14. The molecule has 2 rings (SSSR count). The molecule has 2 N–H and O–H groups in total. The Hall–Kier alpha value is -0.355. The standard InChI is InChI=1S/C13H22BNO2S/c1-6-9-7-8-10(18-9)11(15)14-16-12(2,3)13(4,5)17-14/h7-8,11H,6,15H2,1-5H3. The Morgan fingerprint density at radius 3 is 2.22 bits per heavy atom. The second-order valence-electron chi connectivity index (χ2n) is 5.81. The number of rotatable bonds is 3. The van der Waals surface area contributed by atoms with Crippen LogP contribution in [0.25, 0.3) is 0 Å². The van der Waals surface area contributed by atoms with Crippen molar-refractivity contribution < 1.29 is 9.31 Å². The Labute approximate surface area is 114 Å². The van der Waals surface area contributed by atoms with Crippen molar-refractivity contribution in [2.24, 2.45) is 5.73 Å². The molecule has 18 heavy (non-hydrogen) atoms. The van der Waals surface area contributed by atoms with Gasteiger partial charge in [-0.05, 0) is 46.2 Å². The first-order valence-corrected chi connectivity index (χ1v) is 7.28. The van der Waals surface area contributed by atoms with E-state index in [0.29, 0.717) is 0 Å². The minimum absolute atomic E-state index is 0.212. The predicted octanol–water partition coefficient (Wildman–Crippen LogP) is 2.94. The van der Waals surface area contributed by atoms with Crippen LogP contribution >= 0.6 is 11.3 Å². The maximum absolute atomic E-state index is 6.27. The number of aryl methyl sites for hydroxylation is 1. The van der Waals surface area contributed by atoms with Gasteiger partial charge in [-0.25, -0.2) is 0 Å². The van der Waals surface area contributed by atoms with Crippen LogP contribution in [0, 0.1) is 0 Å². The van der Waals surface area contributed by atoms with Crippen molar-refractivity contribution in [2.45, 2.75) is 58.2 Å². The van der Waals surface area contributed by atoms with E-state index < -0.39 is 0 Å². The molecule has 2 heterocycles. The van der Waals surface area contributed by atoms with E-state index in [-0.39, 0.29) is 24.3 Å². The molecule has 1 aliphatic heterocycles. The summed E-state index contributed by atoms with van der Waals surface area (Å²) < 4.78 is 12.0. The highest BCUT2D eigenvalue weighted by atomic mass is 32.1. The molecule has 1 aromatic heterocycles. The fraction of sp³-hybridized carbons (Fsp3) is 0.692. The lowest BCUT2D eigenvalue weighted by molar-refractivity contribution is 0.00578. The summed E-state index contributed by atoms with van der Waals surface area (Å²) in [6.45, 7) is 10.3. The largest absolute Gasteiger partial charge is 0.481 e. The molecule has 0 aromatic carbocycles. The minimum atomic E-state index is -0.363. The quantitative estimate of drug-likeness (QED) is 0.856. The van der Waals surface area contributed by atoms with Crippen LogP contribution in [0.15, 0.2) is 12.1 Å². The number of hydrogen-bond donors (Lipinski definition) is 1. The van der Waals surface area contributed by atoms with Gasteiger partial charge >= 0.3 is 7.12 Å². The smallest absolute Gasteiger partial charge is 0.402 e. The average molecular weight is 267 g/mol. The molecule has 1 fully saturated rings. The topological polar surface area (TPSA) is 44.5 Å². The fourth-order valence-corrected chi connectivity index (χ4v) is 2.90. The first kappa shape index (κ1) is 14.1. The number of thiophene rings is 1. The predicted molar refractivity (Wildman–Crippen MR) is 76.7 cm³/mol. The van der Waals surface area contributed by atoms with Crippen molar-refractivity contribution in [3.8, 4) is 0 Å². The molecule has 0 bridgehead atoms. The summed E-state index contributed by atoms with van der Waals surface area (Å²) in [6.07, 6.45) is 1.04. The summed E-state index contributed by atoms with van der Waals surface area (Å²) >= 11 is 1.74. The van der Waals surface area contributed by atoms with Gasteiger partial charge in [0, 0.05) is 9.75 Å². The molecule has 0 saturated carbocycles. The van der Waals surface area contributed by atoms with E-state index >= 15 is 0 Å². The summed E-state index contributed by atoms with van der Waals surface area (Å²) in [7, 11) is -0.363. The van der Waals surface area contributed by atoms with Gasteiger partial charge in [-0.15, -0.1) is 11.3 Å². The normalized spacial score (nSPS) is 23.3. The molecule has 1 atom stereocenters. The van der Waals surface area contributed by atoms with E-state index in [1.165, 1.54) is 4.88 Å². The van der Waals surface area contributed by atoms with Crippen molar-refractivity contribution in [3.05, 3.63) is 21.9 Å². The average Bonchev–Trinajstić information content (AvgIpc) is 2.81. The van der Waals surface area contributed by atoms with Gasteiger partial charge in [-0.2, -0.15) is 0 Å². The summed E-state index contributed by atoms with van der Waals surface area (Å²) in [5.74, 6) is -0.212. The minimum Gasteiger partial charge on any atom is -0.402 e. The highest BCUT2D eigenvalue weighted by molar-refractivity contribution is 7.12. The molecule has 1 aliphatic rings. The summed E-state index contributed by atoms with van der Waals surface area (Å²) in [4.78, 5) is 2.47. The molecule has 0 radical (unpaired) electrons. The highest BCUT2D eigenvalue weighted by Gasteiger charge is 2.53. The van der Waals surface area contributed by atoms with E-state index in [4.69, 9.17) is 15.0 Å². The van der Waals surface area contributed by atoms with Gasteiger partial charge in [-0.1, -0.05) is 6.92 Å². The molecule has 1 unspecified atom stereocenters. The second kappa shape index (κ2) is 4.64. The summed E-state index contributed by atoms with van der Waals surface area (Å²) in [5, 5.41) is 0. The number of nitrogens with two attached hydrogens (primary N) is 1. The van der Waals surface area contributed by atoms with Crippen molar-refractivity contribution in [3.63, 3.8) is 0 Å². The third-order valence-corrected chi connectivity index (χ3v) is 5.26. The van der Waals surface area contributed by atoms with Gasteiger partial charge in [0.1, 0.15) is 0 Å². The molecular formula is C13H22BNO2S. The molecule has 100 valence electrons. The molecule has 1 saturated heterocycles. The van der Waals surface area contributed by atoms with Crippen LogP contribution in [0.2, 0.25) is 0 Å². The monoisotopic (exact) mass is 267 g/mol. The Bertz CT molecular complexity index is 414. The molecule has 5 heteroatoms. The van der Waals surface area contributed by atoms with Crippen LogP contribution < -0.4 is 5.73 Å². The first-order chi connectivity index (χ1) is 8.27. The molecule has 0 amide bonds. The molecular weight excluding hydrogens is 245 g/mol. The molecule has 3 nitrogen and oxygen atoms in total. The Morgan fingerprint density at radius 2 is 1.78 bits per heavy atom.